The fourth-order valence-electron chi connectivity index (χ4n) is 10.0. The van der Waals surface area contributed by atoms with Crippen molar-refractivity contribution in [1.82, 2.24) is 24.7 Å². The molecule has 65 heavy (non-hydrogen) atoms. The molecular weight excluding hydrogens is 819 g/mol. The molecule has 0 bridgehead atoms. The Morgan fingerprint density at radius 3 is 2.37 bits per heavy atom. The quantitative estimate of drug-likeness (QED) is 0.0461. The van der Waals surface area contributed by atoms with E-state index in [1.165, 1.54) is 5.56 Å². The topological polar surface area (TPSA) is 178 Å². The molecule has 4 amide bonds. The lowest BCUT2D eigenvalue weighted by Crippen LogP contribution is -2.49. The lowest BCUT2D eigenvalue weighted by atomic mass is 9.88. The van der Waals surface area contributed by atoms with Gasteiger partial charge in [0.2, 0.25) is 11.8 Å². The summed E-state index contributed by atoms with van der Waals surface area (Å²) >= 11 is 0. The zero-order valence-corrected chi connectivity index (χ0v) is 38.7. The predicted molar refractivity (Wildman–Crippen MR) is 254 cm³/mol. The van der Waals surface area contributed by atoms with Crippen molar-refractivity contribution in [2.24, 2.45) is 11.7 Å². The number of benzene rings is 2. The van der Waals surface area contributed by atoms with Crippen molar-refractivity contribution in [3.05, 3.63) is 99.5 Å². The number of amides is 4. The van der Waals surface area contributed by atoms with E-state index in [1.807, 2.05) is 49.1 Å². The molecule has 0 spiro atoms. The van der Waals surface area contributed by atoms with Crippen molar-refractivity contribution in [3.63, 3.8) is 0 Å². The molecule has 7 rings (SSSR count). The Morgan fingerprint density at radius 1 is 0.985 bits per heavy atom. The minimum Gasteiger partial charge on any atom is -0.382 e. The summed E-state index contributed by atoms with van der Waals surface area (Å²) in [6, 6.07) is 13.3. The van der Waals surface area contributed by atoms with Gasteiger partial charge in [-0.05, 0) is 118 Å². The largest absolute Gasteiger partial charge is 0.382 e. The molecule has 0 radical (unpaired) electrons. The van der Waals surface area contributed by atoms with E-state index in [1.54, 1.807) is 23.7 Å². The van der Waals surface area contributed by atoms with Gasteiger partial charge in [0.05, 0.1) is 23.4 Å². The monoisotopic (exact) mass is 886 g/mol. The number of aromatic nitrogens is 1. The lowest BCUT2D eigenvalue weighted by molar-refractivity contribution is -0.132. The number of hydrogen-bond donors (Lipinski definition) is 5. The van der Waals surface area contributed by atoms with E-state index in [0.29, 0.717) is 62.7 Å². The van der Waals surface area contributed by atoms with Crippen LogP contribution in [0.3, 0.4) is 0 Å². The molecule has 6 N–H and O–H groups in total. The molecule has 14 nitrogen and oxygen atoms in total. The second kappa shape index (κ2) is 21.4. The summed E-state index contributed by atoms with van der Waals surface area (Å²) in [6.07, 6.45) is 9.73. The van der Waals surface area contributed by atoms with Crippen LogP contribution in [-0.2, 0) is 27.5 Å². The van der Waals surface area contributed by atoms with E-state index in [4.69, 9.17) is 15.9 Å². The van der Waals surface area contributed by atoms with E-state index in [2.05, 4.69) is 51.5 Å². The number of nitrogens with one attached hydrogen (secondary N) is 4. The molecular formula is C51H67N9O5. The van der Waals surface area contributed by atoms with Crippen LogP contribution >= 0.6 is 0 Å². The molecule has 1 atom stereocenters. The SMILES string of the molecule is C=C1CCC(N2Cc3cc(C4CCN(CCCCCCC(=O)N5CCC(C#Cc6c(C(=O)Nc7ccc(COC)cc7)c(C(=N)N)n(NC)c6C(C)C)CC5)CC4)ccc3C2=O)C(=O)N1. The molecule has 3 aromatic rings. The number of fused-ring (bicyclic) bond motifs is 1. The smallest absolute Gasteiger partial charge is 0.259 e. The first kappa shape index (κ1) is 47.1. The van der Waals surface area contributed by atoms with E-state index in [-0.39, 0.29) is 46.7 Å². The molecule has 1 aromatic heterocycles. The van der Waals surface area contributed by atoms with E-state index < -0.39 is 11.9 Å². The van der Waals surface area contributed by atoms with E-state index >= 15 is 0 Å². The number of nitrogens with zero attached hydrogens (tertiary/aromatic N) is 4. The molecule has 0 saturated carbocycles. The first-order valence-corrected chi connectivity index (χ1v) is 23.5. The molecule has 5 heterocycles. The van der Waals surface area contributed by atoms with E-state index in [0.717, 1.165) is 99.1 Å². The third kappa shape index (κ3) is 11.0. The third-order valence-corrected chi connectivity index (χ3v) is 13.6. The van der Waals surface area contributed by atoms with Gasteiger partial charge in [-0.3, -0.25) is 29.3 Å². The van der Waals surface area contributed by atoms with Crippen LogP contribution in [0, 0.1) is 23.2 Å². The Labute approximate surface area is 384 Å². The number of anilines is 1. The van der Waals surface area contributed by atoms with Gasteiger partial charge in [-0.15, -0.1) is 0 Å². The molecule has 0 aliphatic carbocycles. The number of likely N-dealkylation sites (tertiary alicyclic amines) is 2. The molecule has 4 aliphatic rings. The third-order valence-electron chi connectivity index (χ3n) is 13.6. The number of carbonyl (C=O) groups is 4. The van der Waals surface area contributed by atoms with Gasteiger partial charge in [-0.25, -0.2) is 0 Å². The molecule has 2 aromatic carbocycles. The number of ether oxygens (including phenoxy) is 1. The Bertz CT molecular complexity index is 2320. The number of piperidine rings is 3. The Balaban J connectivity index is 0.832. The number of amidine groups is 1. The van der Waals surface area contributed by atoms with Crippen molar-refractivity contribution in [3.8, 4) is 11.8 Å². The number of nitrogens with two attached hydrogens (primary N) is 1. The highest BCUT2D eigenvalue weighted by Crippen LogP contribution is 2.35. The number of rotatable bonds is 16. The van der Waals surface area contributed by atoms with Crippen molar-refractivity contribution < 1.29 is 23.9 Å². The summed E-state index contributed by atoms with van der Waals surface area (Å²) in [7, 11) is 3.37. The summed E-state index contributed by atoms with van der Waals surface area (Å²) in [5.41, 5.74) is 16.5. The highest BCUT2D eigenvalue weighted by atomic mass is 16.5. The second-order valence-corrected chi connectivity index (χ2v) is 18.4. The summed E-state index contributed by atoms with van der Waals surface area (Å²) in [6.45, 7) is 13.4. The number of methoxy groups -OCH3 is 1. The van der Waals surface area contributed by atoms with Gasteiger partial charge in [-0.2, -0.15) is 0 Å². The number of hydrogen-bond acceptors (Lipinski definition) is 8. The molecule has 3 saturated heterocycles. The van der Waals surface area contributed by atoms with Crippen LogP contribution in [-0.4, -0.2) is 102 Å². The van der Waals surface area contributed by atoms with Crippen LogP contribution in [0.4, 0.5) is 5.69 Å². The van der Waals surface area contributed by atoms with Crippen LogP contribution in [0.25, 0.3) is 0 Å². The van der Waals surface area contributed by atoms with Gasteiger partial charge in [0.25, 0.3) is 11.8 Å². The normalized spacial score (nSPS) is 18.4. The van der Waals surface area contributed by atoms with Crippen LogP contribution < -0.4 is 21.8 Å². The number of carbonyl (C=O) groups excluding carboxylic acids is 4. The van der Waals surface area contributed by atoms with Gasteiger partial charge in [0.1, 0.15) is 17.6 Å². The van der Waals surface area contributed by atoms with Crippen molar-refractivity contribution in [1.29, 1.82) is 5.41 Å². The fraction of sp³-hybridized carbons (Fsp3) is 0.510. The maximum Gasteiger partial charge on any atom is 0.259 e. The van der Waals surface area contributed by atoms with E-state index in [9.17, 15) is 19.2 Å². The molecule has 4 aliphatic heterocycles. The Morgan fingerprint density at radius 2 is 1.71 bits per heavy atom. The van der Waals surface area contributed by atoms with Crippen molar-refractivity contribution in [2.75, 3.05) is 57.6 Å². The summed E-state index contributed by atoms with van der Waals surface area (Å²) < 4.78 is 6.92. The average molecular weight is 886 g/mol. The number of unbranched alkanes of at least 4 members (excludes halogenated alkanes) is 3. The fourth-order valence-corrected chi connectivity index (χ4v) is 10.0. The second-order valence-electron chi connectivity index (χ2n) is 18.4. The zero-order chi connectivity index (χ0) is 46.2. The maximum atomic E-state index is 13.9. The minimum absolute atomic E-state index is 0.0240. The standard InChI is InChI=1S/C51H67N9O5/c1-33(2)46-42(45(47(48(52)53)60(46)54-4)50(63)56-40-16-12-36(13-17-40)32-65-5)18-14-35-21-28-58(29-22-35)44(61)10-8-6-7-9-25-57-26-23-37(24-27-57)38-15-19-41-39(30-38)31-59(51(41)64)43-20-11-34(3)55-49(43)62/h12-13,15-17,19,30,33,35,37,43,54H,3,6-11,20-29,31-32H2,1-2,4-5H3,(H3,52,53)(H,55,62)(H,56,63). The van der Waals surface area contributed by atoms with Crippen LogP contribution in [0.2, 0.25) is 0 Å². The number of nitrogen functional groups attached to an aromatic ring is 1. The Kier molecular flexibility index (Phi) is 15.5. The van der Waals surface area contributed by atoms with Gasteiger partial charge >= 0.3 is 0 Å². The molecule has 1 unspecified atom stereocenters. The first-order chi connectivity index (χ1) is 31.4. The van der Waals surface area contributed by atoms with Crippen LogP contribution in [0.5, 0.6) is 0 Å². The Hall–Kier alpha value is -5.91. The van der Waals surface area contributed by atoms with Crippen LogP contribution in [0.1, 0.15) is 151 Å². The van der Waals surface area contributed by atoms with Crippen molar-refractivity contribution in [2.45, 2.75) is 116 Å². The first-order valence-electron chi connectivity index (χ1n) is 23.5. The summed E-state index contributed by atoms with van der Waals surface area (Å²) in [5.74, 6) is 6.71. The van der Waals surface area contributed by atoms with Gasteiger partial charge in [0.15, 0.2) is 0 Å². The van der Waals surface area contributed by atoms with Crippen LogP contribution in [0.15, 0.2) is 54.7 Å². The highest BCUT2D eigenvalue weighted by molar-refractivity contribution is 6.14. The number of allylic oxidation sites excluding steroid dienone is 1. The molecule has 346 valence electrons. The average Bonchev–Trinajstić information content (AvgIpc) is 3.82. The lowest BCUT2D eigenvalue weighted by Gasteiger charge is -2.32. The summed E-state index contributed by atoms with van der Waals surface area (Å²) in [4.78, 5) is 59.2. The molecule has 14 heteroatoms. The highest BCUT2D eigenvalue weighted by Gasteiger charge is 2.38. The summed E-state index contributed by atoms with van der Waals surface area (Å²) in [5, 5.41) is 14.2. The van der Waals surface area contributed by atoms with Gasteiger partial charge in [-0.1, -0.05) is 69.4 Å². The zero-order valence-electron chi connectivity index (χ0n) is 38.7. The predicted octanol–water partition coefficient (Wildman–Crippen LogP) is 6.64. The molecule has 3 fully saturated rings. The minimum atomic E-state index is -0.437. The van der Waals surface area contributed by atoms with Crippen molar-refractivity contribution >= 4 is 35.2 Å². The maximum absolute atomic E-state index is 13.9. The van der Waals surface area contributed by atoms with Gasteiger partial charge in [0, 0.05) is 63.1 Å². The van der Waals surface area contributed by atoms with Gasteiger partial charge < -0.3 is 41.2 Å².